The Morgan fingerprint density at radius 2 is 1.85 bits per heavy atom. The first-order valence-corrected chi connectivity index (χ1v) is 9.61. The summed E-state index contributed by atoms with van der Waals surface area (Å²) < 4.78 is 5.31. The van der Waals surface area contributed by atoms with Gasteiger partial charge in [0.15, 0.2) is 0 Å². The van der Waals surface area contributed by atoms with Crippen molar-refractivity contribution in [3.05, 3.63) is 48.0 Å². The van der Waals surface area contributed by atoms with E-state index in [0.717, 1.165) is 35.6 Å². The number of likely N-dealkylation sites (tertiary alicyclic amines) is 1. The van der Waals surface area contributed by atoms with Gasteiger partial charge in [0.1, 0.15) is 5.60 Å². The van der Waals surface area contributed by atoms with Crippen molar-refractivity contribution >= 4 is 22.8 Å². The fourth-order valence-electron chi connectivity index (χ4n) is 3.56. The van der Waals surface area contributed by atoms with Gasteiger partial charge < -0.3 is 15.0 Å². The maximum absolute atomic E-state index is 13.3. The van der Waals surface area contributed by atoms with Crippen LogP contribution in [-0.4, -0.2) is 41.6 Å². The molecule has 5 heteroatoms. The lowest BCUT2D eigenvalue weighted by Crippen LogP contribution is -2.50. The second kappa shape index (κ2) is 7.99. The van der Waals surface area contributed by atoms with E-state index in [2.05, 4.69) is 5.32 Å². The predicted molar refractivity (Wildman–Crippen MR) is 107 cm³/mol. The van der Waals surface area contributed by atoms with Crippen LogP contribution in [0.1, 0.15) is 50.4 Å². The van der Waals surface area contributed by atoms with Gasteiger partial charge in [-0.2, -0.15) is 0 Å². The molecule has 2 aromatic carbocycles. The lowest BCUT2D eigenvalue weighted by atomic mass is 9.98. The van der Waals surface area contributed by atoms with E-state index in [1.165, 1.54) is 0 Å². The molecule has 0 aliphatic carbocycles. The van der Waals surface area contributed by atoms with Crippen molar-refractivity contribution < 1.29 is 14.3 Å². The number of carbonyl (C=O) groups excluding carboxylic acids is 2. The van der Waals surface area contributed by atoms with Crippen molar-refractivity contribution in [1.29, 1.82) is 0 Å². The van der Waals surface area contributed by atoms with Crippen molar-refractivity contribution in [3.63, 3.8) is 0 Å². The zero-order chi connectivity index (χ0) is 19.4. The molecule has 1 unspecified atom stereocenters. The minimum absolute atomic E-state index is 0.0160. The number of alkyl carbamates (subject to hydrolysis) is 1. The summed E-state index contributed by atoms with van der Waals surface area (Å²) >= 11 is 0. The fraction of sp³-hybridized carbons (Fsp3) is 0.455. The second-order valence-corrected chi connectivity index (χ2v) is 8.06. The summed E-state index contributed by atoms with van der Waals surface area (Å²) in [7, 11) is 0. The topological polar surface area (TPSA) is 58.6 Å². The third kappa shape index (κ3) is 4.79. The van der Waals surface area contributed by atoms with E-state index in [-0.39, 0.29) is 11.9 Å². The number of fused-ring (bicyclic) bond motifs is 1. The smallest absolute Gasteiger partial charge is 0.407 e. The van der Waals surface area contributed by atoms with Crippen molar-refractivity contribution in [1.82, 2.24) is 10.2 Å². The molecule has 0 saturated carbocycles. The van der Waals surface area contributed by atoms with E-state index in [4.69, 9.17) is 4.74 Å². The second-order valence-electron chi connectivity index (χ2n) is 8.06. The van der Waals surface area contributed by atoms with Gasteiger partial charge in [0.25, 0.3) is 5.91 Å². The molecule has 1 heterocycles. The maximum Gasteiger partial charge on any atom is 0.407 e. The fourth-order valence-corrected chi connectivity index (χ4v) is 3.56. The van der Waals surface area contributed by atoms with Gasteiger partial charge in [0.2, 0.25) is 0 Å². The number of nitrogens with one attached hydrogen (secondary N) is 1. The van der Waals surface area contributed by atoms with Crippen molar-refractivity contribution in [2.24, 2.45) is 0 Å². The Bertz CT molecular complexity index is 820. The molecule has 2 aromatic rings. The lowest BCUT2D eigenvalue weighted by molar-refractivity contribution is 0.0463. The molecular weight excluding hydrogens is 340 g/mol. The number of nitrogens with zero attached hydrogens (tertiary/aromatic N) is 1. The molecule has 1 aliphatic heterocycles. The van der Waals surface area contributed by atoms with Gasteiger partial charge in [0.05, 0.1) is 0 Å². The number of benzene rings is 2. The SMILES string of the molecule is CC(C)(C)OC(=O)NCC1CCCCN1C(=O)c1cccc2ccccc12. The molecular formula is C22H28N2O3. The minimum atomic E-state index is -0.533. The van der Waals surface area contributed by atoms with E-state index < -0.39 is 11.7 Å². The van der Waals surface area contributed by atoms with Crippen LogP contribution in [0, 0.1) is 0 Å². The van der Waals surface area contributed by atoms with Crippen LogP contribution >= 0.6 is 0 Å². The molecule has 1 N–H and O–H groups in total. The highest BCUT2D eigenvalue weighted by Crippen LogP contribution is 2.24. The molecule has 1 saturated heterocycles. The highest BCUT2D eigenvalue weighted by molar-refractivity contribution is 6.07. The summed E-state index contributed by atoms with van der Waals surface area (Å²) in [6.07, 6.45) is 2.48. The first-order chi connectivity index (χ1) is 12.8. The summed E-state index contributed by atoms with van der Waals surface area (Å²) in [6.45, 7) is 6.63. The third-order valence-corrected chi connectivity index (χ3v) is 4.79. The van der Waals surface area contributed by atoms with Crippen LogP contribution in [-0.2, 0) is 4.74 Å². The zero-order valence-electron chi connectivity index (χ0n) is 16.3. The van der Waals surface area contributed by atoms with E-state index in [0.29, 0.717) is 13.1 Å². The number of rotatable bonds is 3. The van der Waals surface area contributed by atoms with Crippen LogP contribution in [0.5, 0.6) is 0 Å². The third-order valence-electron chi connectivity index (χ3n) is 4.79. The van der Waals surface area contributed by atoms with Gasteiger partial charge in [-0.15, -0.1) is 0 Å². The van der Waals surface area contributed by atoms with Crippen LogP contribution < -0.4 is 5.32 Å². The normalized spacial score (nSPS) is 17.6. The molecule has 0 radical (unpaired) electrons. The van der Waals surface area contributed by atoms with Gasteiger partial charge in [-0.1, -0.05) is 36.4 Å². The quantitative estimate of drug-likeness (QED) is 0.876. The molecule has 2 amide bonds. The Hall–Kier alpha value is -2.56. The van der Waals surface area contributed by atoms with Crippen LogP contribution in [0.4, 0.5) is 4.79 Å². The van der Waals surface area contributed by atoms with Crippen LogP contribution in [0.25, 0.3) is 10.8 Å². The molecule has 0 spiro atoms. The van der Waals surface area contributed by atoms with E-state index in [1.807, 2.05) is 68.1 Å². The number of piperidine rings is 1. The van der Waals surface area contributed by atoms with Crippen LogP contribution in [0.15, 0.2) is 42.5 Å². The number of amides is 2. The lowest BCUT2D eigenvalue weighted by Gasteiger charge is -2.36. The molecule has 144 valence electrons. The maximum atomic E-state index is 13.3. The van der Waals surface area contributed by atoms with Gasteiger partial charge in [-0.25, -0.2) is 4.79 Å². The highest BCUT2D eigenvalue weighted by atomic mass is 16.6. The van der Waals surface area contributed by atoms with Gasteiger partial charge in [-0.05, 0) is 56.9 Å². The summed E-state index contributed by atoms with van der Waals surface area (Å²) in [5.41, 5.74) is 0.187. The largest absolute Gasteiger partial charge is 0.444 e. The zero-order valence-corrected chi connectivity index (χ0v) is 16.3. The van der Waals surface area contributed by atoms with Gasteiger partial charge in [0, 0.05) is 24.7 Å². The standard InChI is InChI=1S/C22H28N2O3/c1-22(2,3)27-21(26)23-15-17-11-6-7-14-24(17)20(25)19-13-8-10-16-9-4-5-12-18(16)19/h4-5,8-10,12-13,17H,6-7,11,14-15H2,1-3H3,(H,23,26). The highest BCUT2D eigenvalue weighted by Gasteiger charge is 2.29. The number of hydrogen-bond donors (Lipinski definition) is 1. The number of hydrogen-bond acceptors (Lipinski definition) is 3. The molecule has 1 fully saturated rings. The van der Waals surface area contributed by atoms with Gasteiger partial charge >= 0.3 is 6.09 Å². The first-order valence-electron chi connectivity index (χ1n) is 9.61. The van der Waals surface area contributed by atoms with Crippen molar-refractivity contribution in [2.75, 3.05) is 13.1 Å². The van der Waals surface area contributed by atoms with E-state index in [9.17, 15) is 9.59 Å². The van der Waals surface area contributed by atoms with Gasteiger partial charge in [-0.3, -0.25) is 4.79 Å². The molecule has 0 bridgehead atoms. The van der Waals surface area contributed by atoms with Crippen molar-refractivity contribution in [2.45, 2.75) is 51.7 Å². The van der Waals surface area contributed by atoms with E-state index in [1.54, 1.807) is 0 Å². The average molecular weight is 368 g/mol. The van der Waals surface area contributed by atoms with Crippen LogP contribution in [0.2, 0.25) is 0 Å². The first kappa shape index (κ1) is 19.2. The van der Waals surface area contributed by atoms with Crippen LogP contribution in [0.3, 0.4) is 0 Å². The Labute approximate surface area is 160 Å². The van der Waals surface area contributed by atoms with E-state index >= 15 is 0 Å². The molecule has 1 aliphatic rings. The predicted octanol–water partition coefficient (Wildman–Crippen LogP) is 4.36. The minimum Gasteiger partial charge on any atom is -0.444 e. The monoisotopic (exact) mass is 368 g/mol. The molecule has 3 rings (SSSR count). The summed E-state index contributed by atoms with van der Waals surface area (Å²) in [6, 6.07) is 13.7. The Morgan fingerprint density at radius 1 is 1.11 bits per heavy atom. The Balaban J connectivity index is 1.74. The molecule has 5 nitrogen and oxygen atoms in total. The molecule has 27 heavy (non-hydrogen) atoms. The summed E-state index contributed by atoms with van der Waals surface area (Å²) in [4.78, 5) is 27.2. The molecule has 1 atom stereocenters. The molecule has 0 aromatic heterocycles. The summed E-state index contributed by atoms with van der Waals surface area (Å²) in [5.74, 6) is 0.0301. The Kier molecular flexibility index (Phi) is 5.68. The average Bonchev–Trinajstić information content (AvgIpc) is 2.64. The Morgan fingerprint density at radius 3 is 2.63 bits per heavy atom. The number of carbonyl (C=O) groups is 2. The van der Waals surface area contributed by atoms with Crippen molar-refractivity contribution in [3.8, 4) is 0 Å². The summed E-state index contributed by atoms with van der Waals surface area (Å²) in [5, 5.41) is 4.85. The number of ether oxygens (including phenoxy) is 1.